The molecule has 0 aliphatic heterocycles. The molecule has 0 saturated carbocycles. The number of aryl methyl sites for hydroxylation is 1. The van der Waals surface area contributed by atoms with Crippen LogP contribution < -0.4 is 11.6 Å². The van der Waals surface area contributed by atoms with Gasteiger partial charge in [0.2, 0.25) is 0 Å². The summed E-state index contributed by atoms with van der Waals surface area (Å²) in [6.45, 7) is 4.66. The molecule has 2 heterocycles. The number of pyridine rings is 1. The van der Waals surface area contributed by atoms with E-state index in [0.717, 1.165) is 5.56 Å². The van der Waals surface area contributed by atoms with Crippen LogP contribution in [-0.2, 0) is 11.3 Å². The quantitative estimate of drug-likeness (QED) is 0.636. The van der Waals surface area contributed by atoms with Crippen LogP contribution >= 0.6 is 11.6 Å². The maximum atomic E-state index is 5.96. The van der Waals surface area contributed by atoms with E-state index in [1.165, 1.54) is 4.68 Å². The Balaban J connectivity index is 2.65. The van der Waals surface area contributed by atoms with Gasteiger partial charge in [-0.05, 0) is 13.8 Å². The lowest BCUT2D eigenvalue weighted by atomic mass is 10.2. The van der Waals surface area contributed by atoms with E-state index < -0.39 is 0 Å². The minimum absolute atomic E-state index is 0.276. The number of fused-ring (bicyclic) bond motifs is 1. The van der Waals surface area contributed by atoms with Crippen LogP contribution in [0.4, 0.5) is 5.82 Å². The van der Waals surface area contributed by atoms with E-state index in [1.54, 1.807) is 0 Å². The average molecular weight is 256 g/mol. The minimum atomic E-state index is 0.276. The molecule has 4 N–H and O–H groups in total. The maximum absolute atomic E-state index is 5.96. The standard InChI is InChI=1S/C10H14ClN5O/c1-3-17-4-6-14-7-8(16(6)13)5(2)9(11)15-10(7)12/h3-4,13H2,1-2H3,(H2,12,15). The van der Waals surface area contributed by atoms with Crippen LogP contribution in [0.15, 0.2) is 0 Å². The SMILES string of the molecule is CCOCc1nc2c(N)nc(Cl)c(C)c2n1N. The molecule has 17 heavy (non-hydrogen) atoms. The fraction of sp³-hybridized carbons (Fsp3) is 0.400. The van der Waals surface area contributed by atoms with Crippen LogP contribution in [-0.4, -0.2) is 21.3 Å². The number of nitrogen functional groups attached to an aromatic ring is 2. The molecule has 0 aliphatic rings. The van der Waals surface area contributed by atoms with Gasteiger partial charge >= 0.3 is 0 Å². The van der Waals surface area contributed by atoms with Crippen LogP contribution in [0.25, 0.3) is 11.0 Å². The van der Waals surface area contributed by atoms with Crippen LogP contribution in [0, 0.1) is 6.92 Å². The number of aromatic nitrogens is 3. The van der Waals surface area contributed by atoms with Crippen LogP contribution in [0.2, 0.25) is 5.15 Å². The average Bonchev–Trinajstić information content (AvgIpc) is 2.62. The molecule has 0 aromatic carbocycles. The van der Waals surface area contributed by atoms with Gasteiger partial charge in [-0.25, -0.2) is 14.6 Å². The van der Waals surface area contributed by atoms with Gasteiger partial charge in [0, 0.05) is 12.2 Å². The normalized spacial score (nSPS) is 11.2. The number of ether oxygens (including phenoxy) is 1. The third-order valence-electron chi connectivity index (χ3n) is 2.55. The van der Waals surface area contributed by atoms with E-state index in [9.17, 15) is 0 Å². The fourth-order valence-electron chi connectivity index (χ4n) is 1.65. The molecule has 92 valence electrons. The molecule has 0 aliphatic carbocycles. The predicted molar refractivity (Wildman–Crippen MR) is 67.2 cm³/mol. The van der Waals surface area contributed by atoms with Crippen molar-refractivity contribution in [2.75, 3.05) is 18.2 Å². The monoisotopic (exact) mass is 255 g/mol. The third-order valence-corrected chi connectivity index (χ3v) is 2.91. The number of hydrogen-bond acceptors (Lipinski definition) is 5. The van der Waals surface area contributed by atoms with E-state index in [2.05, 4.69) is 9.97 Å². The van der Waals surface area contributed by atoms with Crippen molar-refractivity contribution >= 4 is 28.5 Å². The molecule has 0 bridgehead atoms. The third kappa shape index (κ3) is 1.89. The first-order chi connectivity index (χ1) is 8.06. The summed E-state index contributed by atoms with van der Waals surface area (Å²) in [4.78, 5) is 8.33. The maximum Gasteiger partial charge on any atom is 0.154 e. The number of imidazole rings is 1. The Morgan fingerprint density at radius 2 is 2.12 bits per heavy atom. The summed E-state index contributed by atoms with van der Waals surface area (Å²) >= 11 is 5.96. The van der Waals surface area contributed by atoms with Gasteiger partial charge < -0.3 is 16.3 Å². The molecule has 2 aromatic rings. The molecule has 0 amide bonds. The lowest BCUT2D eigenvalue weighted by Gasteiger charge is -2.05. The molecular weight excluding hydrogens is 242 g/mol. The topological polar surface area (TPSA) is 92.0 Å². The highest BCUT2D eigenvalue weighted by Crippen LogP contribution is 2.27. The van der Waals surface area contributed by atoms with Crippen molar-refractivity contribution in [2.24, 2.45) is 0 Å². The Labute approximate surface area is 103 Å². The lowest BCUT2D eigenvalue weighted by Crippen LogP contribution is -2.14. The Morgan fingerprint density at radius 1 is 1.41 bits per heavy atom. The van der Waals surface area contributed by atoms with Crippen molar-refractivity contribution in [3.05, 3.63) is 16.5 Å². The molecule has 0 spiro atoms. The van der Waals surface area contributed by atoms with Gasteiger partial charge in [-0.1, -0.05) is 11.6 Å². The highest BCUT2D eigenvalue weighted by Gasteiger charge is 2.16. The largest absolute Gasteiger partial charge is 0.382 e. The van der Waals surface area contributed by atoms with Gasteiger partial charge in [-0.2, -0.15) is 0 Å². The molecule has 0 fully saturated rings. The smallest absolute Gasteiger partial charge is 0.154 e. The van der Waals surface area contributed by atoms with E-state index in [0.29, 0.717) is 35.2 Å². The second kappa shape index (κ2) is 4.38. The molecule has 2 rings (SSSR count). The Kier molecular flexibility index (Phi) is 3.08. The number of rotatable bonds is 3. The zero-order valence-electron chi connectivity index (χ0n) is 9.70. The summed E-state index contributed by atoms with van der Waals surface area (Å²) in [6, 6.07) is 0. The van der Waals surface area contributed by atoms with Gasteiger partial charge in [-0.15, -0.1) is 0 Å². The molecule has 6 nitrogen and oxygen atoms in total. The summed E-state index contributed by atoms with van der Waals surface area (Å²) in [6.07, 6.45) is 0. The molecule has 0 unspecified atom stereocenters. The minimum Gasteiger partial charge on any atom is -0.382 e. The number of halogens is 1. The van der Waals surface area contributed by atoms with Gasteiger partial charge in [0.05, 0.1) is 5.52 Å². The molecule has 0 radical (unpaired) electrons. The first kappa shape index (κ1) is 11.9. The highest BCUT2D eigenvalue weighted by molar-refractivity contribution is 6.31. The zero-order valence-corrected chi connectivity index (χ0v) is 10.5. The van der Waals surface area contributed by atoms with Gasteiger partial charge in [0.15, 0.2) is 11.6 Å². The van der Waals surface area contributed by atoms with Crippen molar-refractivity contribution in [1.29, 1.82) is 0 Å². The summed E-state index contributed by atoms with van der Waals surface area (Å²) in [5.41, 5.74) is 7.78. The second-order valence-electron chi connectivity index (χ2n) is 3.65. The number of nitrogens with two attached hydrogens (primary N) is 2. The second-order valence-corrected chi connectivity index (χ2v) is 4.00. The van der Waals surface area contributed by atoms with E-state index in [-0.39, 0.29) is 5.82 Å². The van der Waals surface area contributed by atoms with Crippen LogP contribution in [0.1, 0.15) is 18.3 Å². The summed E-state index contributed by atoms with van der Waals surface area (Å²) in [7, 11) is 0. The fourth-order valence-corrected chi connectivity index (χ4v) is 1.83. The first-order valence-electron chi connectivity index (χ1n) is 5.22. The Morgan fingerprint density at radius 3 is 2.76 bits per heavy atom. The van der Waals surface area contributed by atoms with E-state index in [4.69, 9.17) is 27.9 Å². The van der Waals surface area contributed by atoms with Gasteiger partial charge in [0.25, 0.3) is 0 Å². The number of nitrogens with zero attached hydrogens (tertiary/aromatic N) is 3. The van der Waals surface area contributed by atoms with Crippen LogP contribution in [0.5, 0.6) is 0 Å². The van der Waals surface area contributed by atoms with Gasteiger partial charge in [0.1, 0.15) is 17.3 Å². The lowest BCUT2D eigenvalue weighted by molar-refractivity contribution is 0.127. The highest BCUT2D eigenvalue weighted by atomic mass is 35.5. The van der Waals surface area contributed by atoms with E-state index >= 15 is 0 Å². The Bertz CT molecular complexity index is 566. The van der Waals surface area contributed by atoms with Crippen LogP contribution in [0.3, 0.4) is 0 Å². The molecular formula is C10H14ClN5O. The summed E-state index contributed by atoms with van der Waals surface area (Å²) in [5.74, 6) is 6.82. The van der Waals surface area contributed by atoms with Crippen molar-refractivity contribution in [1.82, 2.24) is 14.6 Å². The summed E-state index contributed by atoms with van der Waals surface area (Å²) < 4.78 is 6.73. The zero-order chi connectivity index (χ0) is 12.6. The Hall–Kier alpha value is -1.53. The van der Waals surface area contributed by atoms with E-state index in [1.807, 2.05) is 13.8 Å². The van der Waals surface area contributed by atoms with Crippen molar-refractivity contribution < 1.29 is 4.74 Å². The van der Waals surface area contributed by atoms with Crippen molar-refractivity contribution in [3.63, 3.8) is 0 Å². The van der Waals surface area contributed by atoms with Crippen molar-refractivity contribution in [3.8, 4) is 0 Å². The van der Waals surface area contributed by atoms with Crippen molar-refractivity contribution in [2.45, 2.75) is 20.5 Å². The molecule has 0 atom stereocenters. The number of anilines is 1. The summed E-state index contributed by atoms with van der Waals surface area (Å²) in [5, 5.41) is 0.338. The van der Waals surface area contributed by atoms with Gasteiger partial charge in [-0.3, -0.25) is 0 Å². The molecule has 0 saturated heterocycles. The molecule has 2 aromatic heterocycles. The first-order valence-corrected chi connectivity index (χ1v) is 5.59. The predicted octanol–water partition coefficient (Wildman–Crippen LogP) is 1.23. The number of hydrogen-bond donors (Lipinski definition) is 2. The molecule has 7 heteroatoms.